The van der Waals surface area contributed by atoms with Gasteiger partial charge in [-0.3, -0.25) is 0 Å². The van der Waals surface area contributed by atoms with Gasteiger partial charge in [0.25, 0.3) is 0 Å². The van der Waals surface area contributed by atoms with Crippen molar-refractivity contribution < 1.29 is 14.6 Å². The molecule has 1 rings (SSSR count). The Morgan fingerprint density at radius 3 is 2.59 bits per heavy atom. The molecule has 158 valence electrons. The molecule has 0 aromatic rings. The molecule has 0 aliphatic carbocycles. The Kier molecular flexibility index (Phi) is 14.0. The molecular weight excluding hydrogens is 358 g/mol. The fourth-order valence-electron chi connectivity index (χ4n) is 3.76. The highest BCUT2D eigenvalue weighted by atomic mass is 32.2. The summed E-state index contributed by atoms with van der Waals surface area (Å²) in [6.45, 7) is 4.29. The molecule has 1 fully saturated rings. The van der Waals surface area contributed by atoms with Crippen molar-refractivity contribution in [2.75, 3.05) is 6.26 Å². The highest BCUT2D eigenvalue weighted by Crippen LogP contribution is 2.21. The number of rotatable bonds is 14. The molecule has 4 atom stereocenters. The average Bonchev–Trinajstić information content (AvgIpc) is 2.66. The van der Waals surface area contributed by atoms with Crippen molar-refractivity contribution in [2.45, 2.75) is 115 Å². The van der Waals surface area contributed by atoms with Crippen molar-refractivity contribution in [3.8, 4) is 0 Å². The maximum absolute atomic E-state index is 11.7. The summed E-state index contributed by atoms with van der Waals surface area (Å²) in [6.07, 6.45) is 17.0. The SMILES string of the molecule is CCCCC(O)CCCCCCC[C@@H]1CC[C@H](OC(=O)/C=C/SC)[C@@H](C)N1. The Morgan fingerprint density at radius 1 is 1.19 bits per heavy atom. The molecule has 1 aliphatic rings. The normalized spacial score (nSPS) is 24.2. The molecule has 4 nitrogen and oxygen atoms in total. The number of hydrogen-bond acceptors (Lipinski definition) is 5. The number of thioether (sulfide) groups is 1. The van der Waals surface area contributed by atoms with Gasteiger partial charge in [-0.25, -0.2) is 4.79 Å². The van der Waals surface area contributed by atoms with Gasteiger partial charge in [-0.1, -0.05) is 51.9 Å². The van der Waals surface area contributed by atoms with E-state index < -0.39 is 0 Å². The Bertz CT molecular complexity index is 416. The molecule has 5 heteroatoms. The number of piperidine rings is 1. The third-order valence-electron chi connectivity index (χ3n) is 5.44. The van der Waals surface area contributed by atoms with E-state index in [0.717, 1.165) is 38.5 Å². The van der Waals surface area contributed by atoms with Crippen molar-refractivity contribution in [3.05, 3.63) is 11.5 Å². The van der Waals surface area contributed by atoms with Crippen molar-refractivity contribution >= 4 is 17.7 Å². The van der Waals surface area contributed by atoms with Gasteiger partial charge in [0.2, 0.25) is 0 Å². The zero-order valence-electron chi connectivity index (χ0n) is 17.6. The largest absolute Gasteiger partial charge is 0.458 e. The van der Waals surface area contributed by atoms with Crippen LogP contribution >= 0.6 is 11.8 Å². The van der Waals surface area contributed by atoms with Gasteiger partial charge in [0.05, 0.1) is 6.10 Å². The molecule has 0 radical (unpaired) electrons. The van der Waals surface area contributed by atoms with Gasteiger partial charge in [-0.2, -0.15) is 0 Å². The van der Waals surface area contributed by atoms with Crippen LogP contribution in [0.5, 0.6) is 0 Å². The standard InChI is InChI=1S/C22H41NO3S/c1-4-5-12-20(24)13-10-8-6-7-9-11-19-14-15-21(18(2)23-19)26-22(25)16-17-27-3/h16-21,23-24H,4-15H2,1-3H3/b17-16+/t18-,19-,20?,21+/m1/s1. The first-order valence-corrected chi connectivity index (χ1v) is 12.2. The number of aliphatic hydroxyl groups is 1. The number of esters is 1. The van der Waals surface area contributed by atoms with Gasteiger partial charge in [0.1, 0.15) is 6.10 Å². The monoisotopic (exact) mass is 399 g/mol. The third kappa shape index (κ3) is 11.8. The lowest BCUT2D eigenvalue weighted by Crippen LogP contribution is -2.50. The van der Waals surface area contributed by atoms with E-state index in [1.165, 1.54) is 56.4 Å². The summed E-state index contributed by atoms with van der Waals surface area (Å²) in [5.41, 5.74) is 0. The van der Waals surface area contributed by atoms with Crippen molar-refractivity contribution in [1.82, 2.24) is 5.32 Å². The number of hydrogen-bond donors (Lipinski definition) is 2. The Balaban J connectivity index is 2.05. The van der Waals surface area contributed by atoms with Gasteiger partial charge in [-0.05, 0) is 50.7 Å². The second-order valence-electron chi connectivity index (χ2n) is 7.88. The minimum atomic E-state index is -0.235. The van der Waals surface area contributed by atoms with E-state index in [9.17, 15) is 9.90 Å². The number of unbranched alkanes of at least 4 members (excludes halogenated alkanes) is 5. The molecule has 27 heavy (non-hydrogen) atoms. The second kappa shape index (κ2) is 15.4. The number of carbonyl (C=O) groups is 1. The first-order chi connectivity index (χ1) is 13.1. The van der Waals surface area contributed by atoms with Crippen LogP contribution in [0.3, 0.4) is 0 Å². The van der Waals surface area contributed by atoms with E-state index in [2.05, 4.69) is 19.2 Å². The van der Waals surface area contributed by atoms with E-state index in [-0.39, 0.29) is 24.2 Å². The quantitative estimate of drug-likeness (QED) is 0.239. The van der Waals surface area contributed by atoms with Gasteiger partial charge < -0.3 is 15.2 Å². The summed E-state index contributed by atoms with van der Waals surface area (Å²) < 4.78 is 5.55. The van der Waals surface area contributed by atoms with Crippen LogP contribution in [0.4, 0.5) is 0 Å². The molecule has 0 aromatic carbocycles. The molecule has 1 unspecified atom stereocenters. The maximum Gasteiger partial charge on any atom is 0.331 e. The molecule has 1 saturated heterocycles. The zero-order valence-corrected chi connectivity index (χ0v) is 18.4. The van der Waals surface area contributed by atoms with Crippen LogP contribution in [0.2, 0.25) is 0 Å². The van der Waals surface area contributed by atoms with E-state index in [4.69, 9.17) is 4.74 Å². The summed E-state index contributed by atoms with van der Waals surface area (Å²) in [5.74, 6) is -0.235. The maximum atomic E-state index is 11.7. The molecule has 0 bridgehead atoms. The van der Waals surface area contributed by atoms with Gasteiger partial charge in [-0.15, -0.1) is 11.8 Å². The molecule has 0 saturated carbocycles. The van der Waals surface area contributed by atoms with Crippen LogP contribution in [0, 0.1) is 0 Å². The van der Waals surface area contributed by atoms with Gasteiger partial charge in [0, 0.05) is 18.2 Å². The number of ether oxygens (including phenoxy) is 1. The summed E-state index contributed by atoms with van der Waals surface area (Å²) in [5, 5.41) is 15.2. The molecule has 1 aliphatic heterocycles. The lowest BCUT2D eigenvalue weighted by atomic mass is 9.93. The van der Waals surface area contributed by atoms with E-state index in [1.54, 1.807) is 5.41 Å². The summed E-state index contributed by atoms with van der Waals surface area (Å²) >= 11 is 1.50. The predicted octanol–water partition coefficient (Wildman–Crippen LogP) is 5.20. The Morgan fingerprint density at radius 2 is 1.89 bits per heavy atom. The van der Waals surface area contributed by atoms with Crippen LogP contribution in [0.15, 0.2) is 11.5 Å². The van der Waals surface area contributed by atoms with E-state index in [0.29, 0.717) is 6.04 Å². The second-order valence-corrected chi connectivity index (χ2v) is 8.63. The summed E-state index contributed by atoms with van der Waals surface area (Å²) in [7, 11) is 0. The minimum Gasteiger partial charge on any atom is -0.458 e. The van der Waals surface area contributed by atoms with Crippen molar-refractivity contribution in [2.24, 2.45) is 0 Å². The molecule has 0 amide bonds. The fraction of sp³-hybridized carbons (Fsp3) is 0.864. The number of aliphatic hydroxyl groups excluding tert-OH is 1. The fourth-order valence-corrected chi connectivity index (χ4v) is 4.01. The predicted molar refractivity (Wildman–Crippen MR) is 116 cm³/mol. The average molecular weight is 400 g/mol. The first kappa shape index (κ1) is 24.5. The lowest BCUT2D eigenvalue weighted by molar-refractivity contribution is -0.145. The van der Waals surface area contributed by atoms with Crippen LogP contribution < -0.4 is 5.32 Å². The number of nitrogens with one attached hydrogen (secondary N) is 1. The van der Waals surface area contributed by atoms with Crippen LogP contribution in [0.25, 0.3) is 0 Å². The Labute approximate surface area is 170 Å². The molecule has 0 aromatic heterocycles. The van der Waals surface area contributed by atoms with Crippen LogP contribution in [-0.2, 0) is 9.53 Å². The highest BCUT2D eigenvalue weighted by molar-refractivity contribution is 8.01. The van der Waals surface area contributed by atoms with Crippen LogP contribution in [-0.4, -0.2) is 41.6 Å². The van der Waals surface area contributed by atoms with Crippen LogP contribution in [0.1, 0.15) is 90.9 Å². The minimum absolute atomic E-state index is 0.0145. The topological polar surface area (TPSA) is 58.6 Å². The van der Waals surface area contributed by atoms with Gasteiger partial charge >= 0.3 is 5.97 Å². The van der Waals surface area contributed by atoms with Crippen molar-refractivity contribution in [3.63, 3.8) is 0 Å². The molecular formula is C22H41NO3S. The Hall–Kier alpha value is -0.520. The first-order valence-electron chi connectivity index (χ1n) is 10.9. The zero-order chi connectivity index (χ0) is 19.9. The van der Waals surface area contributed by atoms with E-state index in [1.807, 2.05) is 6.26 Å². The third-order valence-corrected chi connectivity index (χ3v) is 5.85. The molecule has 0 spiro atoms. The molecule has 2 N–H and O–H groups in total. The summed E-state index contributed by atoms with van der Waals surface area (Å²) in [6, 6.07) is 0.771. The highest BCUT2D eigenvalue weighted by Gasteiger charge is 2.28. The van der Waals surface area contributed by atoms with Crippen molar-refractivity contribution in [1.29, 1.82) is 0 Å². The van der Waals surface area contributed by atoms with Gasteiger partial charge in [0.15, 0.2) is 0 Å². The molecule has 1 heterocycles. The van der Waals surface area contributed by atoms with E-state index >= 15 is 0 Å². The smallest absolute Gasteiger partial charge is 0.331 e. The summed E-state index contributed by atoms with van der Waals surface area (Å²) in [4.78, 5) is 11.7. The lowest BCUT2D eigenvalue weighted by Gasteiger charge is -2.35. The number of carbonyl (C=O) groups excluding carboxylic acids is 1.